The van der Waals surface area contributed by atoms with Crippen LogP contribution in [-0.2, 0) is 22.7 Å². The monoisotopic (exact) mass is 422 g/mol. The summed E-state index contributed by atoms with van der Waals surface area (Å²) < 4.78 is 13.6. The van der Waals surface area contributed by atoms with E-state index in [0.717, 1.165) is 39.5 Å². The van der Waals surface area contributed by atoms with E-state index in [1.807, 2.05) is 61.7 Å². The number of nitrogens with zero attached hydrogens (tertiary/aromatic N) is 1. The zero-order valence-corrected chi connectivity index (χ0v) is 17.4. The van der Waals surface area contributed by atoms with Crippen LogP contribution in [-0.4, -0.2) is 28.9 Å². The molecule has 6 nitrogen and oxygen atoms in total. The van der Waals surface area contributed by atoms with Crippen LogP contribution in [0.25, 0.3) is 17.0 Å². The van der Waals surface area contributed by atoms with Crippen LogP contribution >= 0.6 is 11.8 Å². The van der Waals surface area contributed by atoms with Crippen LogP contribution in [0.4, 0.5) is 4.79 Å². The molecule has 0 saturated carbocycles. The van der Waals surface area contributed by atoms with Gasteiger partial charge in [0.15, 0.2) is 0 Å². The van der Waals surface area contributed by atoms with E-state index in [9.17, 15) is 9.59 Å². The fraction of sp³-hybridized carbons (Fsp3) is 0.217. The van der Waals surface area contributed by atoms with E-state index in [-0.39, 0.29) is 11.1 Å². The molecule has 1 aliphatic rings. The molecule has 4 rings (SSSR count). The largest absolute Gasteiger partial charge is 0.489 e. The third-order valence-corrected chi connectivity index (χ3v) is 5.55. The number of fused-ring (bicyclic) bond motifs is 1. The van der Waals surface area contributed by atoms with Crippen LogP contribution in [0.2, 0.25) is 0 Å². The second-order valence-corrected chi connectivity index (χ2v) is 7.79. The van der Waals surface area contributed by atoms with Gasteiger partial charge in [-0.3, -0.25) is 14.9 Å². The highest BCUT2D eigenvalue weighted by Crippen LogP contribution is 2.32. The molecule has 0 unspecified atom stereocenters. The van der Waals surface area contributed by atoms with Crippen molar-refractivity contribution in [3.8, 4) is 5.75 Å². The first kappa shape index (κ1) is 20.3. The van der Waals surface area contributed by atoms with Crippen molar-refractivity contribution in [2.75, 3.05) is 13.2 Å². The topological polar surface area (TPSA) is 69.6 Å². The summed E-state index contributed by atoms with van der Waals surface area (Å²) in [4.78, 5) is 23.9. The lowest BCUT2D eigenvalue weighted by Crippen LogP contribution is -2.17. The number of amides is 2. The van der Waals surface area contributed by atoms with E-state index in [1.54, 1.807) is 6.08 Å². The number of thioether (sulfide) groups is 1. The summed E-state index contributed by atoms with van der Waals surface area (Å²) in [5.41, 5.74) is 2.97. The first-order valence-electron chi connectivity index (χ1n) is 9.76. The van der Waals surface area contributed by atoms with Crippen LogP contribution in [0.3, 0.4) is 0 Å². The summed E-state index contributed by atoms with van der Waals surface area (Å²) in [6, 6.07) is 15.9. The minimum Gasteiger partial charge on any atom is -0.489 e. The smallest absolute Gasteiger partial charge is 0.290 e. The highest BCUT2D eigenvalue weighted by molar-refractivity contribution is 8.18. The van der Waals surface area contributed by atoms with Crippen molar-refractivity contribution in [3.05, 3.63) is 70.8 Å². The molecule has 1 saturated heterocycles. The van der Waals surface area contributed by atoms with Gasteiger partial charge in [0, 0.05) is 35.8 Å². The van der Waals surface area contributed by atoms with Gasteiger partial charge >= 0.3 is 0 Å². The Morgan fingerprint density at radius 1 is 1.13 bits per heavy atom. The number of ether oxygens (including phenoxy) is 2. The van der Waals surface area contributed by atoms with Crippen molar-refractivity contribution in [2.45, 2.75) is 20.1 Å². The molecule has 2 heterocycles. The molecule has 30 heavy (non-hydrogen) atoms. The van der Waals surface area contributed by atoms with Crippen molar-refractivity contribution < 1.29 is 19.1 Å². The molecule has 0 aliphatic carbocycles. The molecule has 1 aromatic heterocycles. The van der Waals surface area contributed by atoms with Crippen molar-refractivity contribution in [1.29, 1.82) is 0 Å². The van der Waals surface area contributed by atoms with E-state index in [0.29, 0.717) is 31.3 Å². The molecule has 3 aromatic rings. The molecule has 0 radical (unpaired) electrons. The van der Waals surface area contributed by atoms with Crippen LogP contribution < -0.4 is 10.1 Å². The summed E-state index contributed by atoms with van der Waals surface area (Å²) in [6.07, 6.45) is 3.74. The highest BCUT2D eigenvalue weighted by Gasteiger charge is 2.25. The summed E-state index contributed by atoms with van der Waals surface area (Å²) in [5, 5.41) is 2.91. The quantitative estimate of drug-likeness (QED) is 0.425. The number of hydrogen-bond donors (Lipinski definition) is 1. The Hall–Kier alpha value is -3.03. The summed E-state index contributed by atoms with van der Waals surface area (Å²) in [6.45, 7) is 4.38. The predicted octanol–water partition coefficient (Wildman–Crippen LogP) is 4.58. The number of hydrogen-bond acceptors (Lipinski definition) is 5. The highest BCUT2D eigenvalue weighted by atomic mass is 32.2. The third-order valence-electron chi connectivity index (χ3n) is 4.74. The van der Waals surface area contributed by atoms with Crippen molar-refractivity contribution in [2.24, 2.45) is 0 Å². The van der Waals surface area contributed by atoms with E-state index < -0.39 is 0 Å². The fourth-order valence-corrected chi connectivity index (χ4v) is 3.98. The number of imide groups is 1. The molecule has 2 amide bonds. The maximum absolute atomic E-state index is 12.0. The molecular formula is C23H22N2O4S. The average Bonchev–Trinajstić information content (AvgIpc) is 3.26. The lowest BCUT2D eigenvalue weighted by molar-refractivity contribution is -0.115. The van der Waals surface area contributed by atoms with Gasteiger partial charge in [-0.1, -0.05) is 30.3 Å². The number of nitrogens with one attached hydrogen (secondary N) is 1. The van der Waals surface area contributed by atoms with Gasteiger partial charge in [0.05, 0.1) is 11.5 Å². The molecule has 1 aliphatic heterocycles. The molecule has 1 fully saturated rings. The molecule has 1 N–H and O–H groups in total. The summed E-state index contributed by atoms with van der Waals surface area (Å²) in [5.74, 6) is 0.380. The van der Waals surface area contributed by atoms with Crippen LogP contribution in [0.15, 0.2) is 59.6 Å². The Kier molecular flexibility index (Phi) is 6.21. The van der Waals surface area contributed by atoms with Crippen LogP contribution in [0, 0.1) is 0 Å². The lowest BCUT2D eigenvalue weighted by Gasteiger charge is -2.08. The lowest BCUT2D eigenvalue weighted by atomic mass is 10.1. The Bertz CT molecular complexity index is 1110. The average molecular weight is 423 g/mol. The Morgan fingerprint density at radius 2 is 1.97 bits per heavy atom. The van der Waals surface area contributed by atoms with Gasteiger partial charge in [0.25, 0.3) is 11.1 Å². The van der Waals surface area contributed by atoms with Gasteiger partial charge in [0.2, 0.25) is 0 Å². The molecule has 7 heteroatoms. The fourth-order valence-electron chi connectivity index (χ4n) is 3.30. The maximum atomic E-state index is 12.0. The van der Waals surface area contributed by atoms with Crippen LogP contribution in [0.5, 0.6) is 5.75 Å². The van der Waals surface area contributed by atoms with Gasteiger partial charge in [-0.05, 0) is 48.5 Å². The number of rotatable bonds is 8. The summed E-state index contributed by atoms with van der Waals surface area (Å²) >= 11 is 0.916. The Balaban J connectivity index is 1.66. The molecule has 2 aromatic carbocycles. The molecule has 0 spiro atoms. The maximum Gasteiger partial charge on any atom is 0.290 e. The predicted molar refractivity (Wildman–Crippen MR) is 118 cm³/mol. The zero-order chi connectivity index (χ0) is 20.9. The van der Waals surface area contributed by atoms with Gasteiger partial charge < -0.3 is 14.0 Å². The normalized spacial score (nSPS) is 15.2. The van der Waals surface area contributed by atoms with E-state index in [2.05, 4.69) is 9.88 Å². The van der Waals surface area contributed by atoms with E-state index >= 15 is 0 Å². The van der Waals surface area contributed by atoms with E-state index in [4.69, 9.17) is 9.47 Å². The molecule has 0 atom stereocenters. The van der Waals surface area contributed by atoms with Gasteiger partial charge in [-0.2, -0.15) is 0 Å². The first-order chi connectivity index (χ1) is 14.6. The Labute approximate surface area is 178 Å². The van der Waals surface area contributed by atoms with Crippen LogP contribution in [0.1, 0.15) is 18.1 Å². The Morgan fingerprint density at radius 3 is 2.70 bits per heavy atom. The number of carbonyl (C=O) groups is 2. The second-order valence-electron chi connectivity index (χ2n) is 6.78. The van der Waals surface area contributed by atoms with Crippen molar-refractivity contribution >= 4 is 39.9 Å². The number of benzene rings is 2. The van der Waals surface area contributed by atoms with Crippen molar-refractivity contribution in [1.82, 2.24) is 9.88 Å². The minimum absolute atomic E-state index is 0.349. The molecule has 154 valence electrons. The first-order valence-corrected chi connectivity index (χ1v) is 10.6. The minimum atomic E-state index is -0.364. The van der Waals surface area contributed by atoms with Gasteiger partial charge in [-0.25, -0.2) is 0 Å². The number of aromatic nitrogens is 1. The molecular weight excluding hydrogens is 400 g/mol. The van der Waals surface area contributed by atoms with Crippen molar-refractivity contribution in [3.63, 3.8) is 0 Å². The van der Waals surface area contributed by atoms with Gasteiger partial charge in [-0.15, -0.1) is 0 Å². The summed E-state index contributed by atoms with van der Waals surface area (Å²) in [7, 11) is 0. The molecule has 0 bridgehead atoms. The SMILES string of the molecule is CCOCCn1cc(/C=C2\SC(=O)NC2=O)c2cc(OCc3ccccc3)ccc21. The van der Waals surface area contributed by atoms with Gasteiger partial charge in [0.1, 0.15) is 12.4 Å². The van der Waals surface area contributed by atoms with E-state index in [1.165, 1.54) is 0 Å². The third kappa shape index (κ3) is 4.58. The number of carbonyl (C=O) groups excluding carboxylic acids is 2. The second kappa shape index (κ2) is 9.19. The standard InChI is InChI=1S/C23H22N2O4S/c1-2-28-11-10-25-14-17(12-21-22(26)24-23(27)30-21)19-13-18(8-9-20(19)25)29-15-16-6-4-3-5-7-16/h3-9,12-14H,2,10-11,15H2,1H3,(H,24,26,27)/b21-12-. The zero-order valence-electron chi connectivity index (χ0n) is 16.6.